The van der Waals surface area contributed by atoms with Crippen molar-refractivity contribution in [1.82, 2.24) is 9.55 Å². The summed E-state index contributed by atoms with van der Waals surface area (Å²) in [6.07, 6.45) is -0.773. The summed E-state index contributed by atoms with van der Waals surface area (Å²) in [6, 6.07) is 5.12. The van der Waals surface area contributed by atoms with Crippen molar-refractivity contribution >= 4 is 45.1 Å². The van der Waals surface area contributed by atoms with Crippen LogP contribution in [0.2, 0.25) is 0 Å². The van der Waals surface area contributed by atoms with Gasteiger partial charge >= 0.3 is 6.09 Å². The van der Waals surface area contributed by atoms with Crippen molar-refractivity contribution in [1.29, 1.82) is 0 Å². The summed E-state index contributed by atoms with van der Waals surface area (Å²) in [5.41, 5.74) is 0.0854. The fourth-order valence-corrected chi connectivity index (χ4v) is 2.17. The third-order valence-corrected chi connectivity index (χ3v) is 3.09. The zero-order valence-corrected chi connectivity index (χ0v) is 11.8. The number of hydrogen-bond acceptors (Lipinski definition) is 4. The lowest BCUT2D eigenvalue weighted by Crippen LogP contribution is -2.29. The first kappa shape index (κ1) is 13.0. The summed E-state index contributed by atoms with van der Waals surface area (Å²) in [5, 5.41) is 0.367. The molecule has 0 radical (unpaired) electrons. The van der Waals surface area contributed by atoms with Crippen molar-refractivity contribution < 1.29 is 9.53 Å². The van der Waals surface area contributed by atoms with Crippen LogP contribution in [0.1, 0.15) is 6.92 Å². The van der Waals surface area contributed by atoms with Gasteiger partial charge in [0.1, 0.15) is 0 Å². The summed E-state index contributed by atoms with van der Waals surface area (Å²) < 4.78 is 6.37. The Hall–Kier alpha value is -1.47. The molecule has 0 spiro atoms. The van der Waals surface area contributed by atoms with Crippen molar-refractivity contribution in [3.8, 4) is 0 Å². The molecule has 7 heteroatoms. The van der Waals surface area contributed by atoms with Gasteiger partial charge in [0.25, 0.3) is 5.56 Å². The van der Waals surface area contributed by atoms with Crippen molar-refractivity contribution in [2.75, 3.05) is 6.61 Å². The highest BCUT2D eigenvalue weighted by molar-refractivity contribution is 9.10. The average Bonchev–Trinajstić information content (AvgIpc) is 2.31. The molecule has 1 N–H and O–H groups in total. The van der Waals surface area contributed by atoms with Crippen LogP contribution in [0.15, 0.2) is 27.5 Å². The van der Waals surface area contributed by atoms with E-state index in [4.69, 9.17) is 17.0 Å². The molecule has 0 amide bonds. The summed E-state index contributed by atoms with van der Waals surface area (Å²) in [5.74, 6) is 0. The average molecular weight is 329 g/mol. The molecule has 5 nitrogen and oxygen atoms in total. The van der Waals surface area contributed by atoms with Gasteiger partial charge in [-0.15, -0.1) is 0 Å². The lowest BCUT2D eigenvalue weighted by molar-refractivity contribution is 0.152. The van der Waals surface area contributed by atoms with Crippen molar-refractivity contribution in [2.45, 2.75) is 6.92 Å². The molecule has 1 aromatic heterocycles. The van der Waals surface area contributed by atoms with Crippen LogP contribution in [0.5, 0.6) is 0 Å². The van der Waals surface area contributed by atoms with Gasteiger partial charge in [-0.3, -0.25) is 4.79 Å². The maximum atomic E-state index is 12.2. The Morgan fingerprint density at radius 2 is 2.28 bits per heavy atom. The molecule has 2 aromatic rings. The van der Waals surface area contributed by atoms with E-state index in [2.05, 4.69) is 20.9 Å². The number of fused-ring (bicyclic) bond motifs is 1. The molecule has 0 aliphatic rings. The predicted octanol–water partition coefficient (Wildman–Crippen LogP) is 2.83. The minimum Gasteiger partial charge on any atom is -0.449 e. The minimum absolute atomic E-state index is 0.0215. The van der Waals surface area contributed by atoms with E-state index in [-0.39, 0.29) is 11.4 Å². The van der Waals surface area contributed by atoms with E-state index in [1.54, 1.807) is 25.1 Å². The van der Waals surface area contributed by atoms with Gasteiger partial charge in [0.05, 0.1) is 17.5 Å². The molecular weight excluding hydrogens is 320 g/mol. The number of ether oxygens (including phenoxy) is 1. The van der Waals surface area contributed by atoms with Crippen LogP contribution in [0.3, 0.4) is 0 Å². The summed E-state index contributed by atoms with van der Waals surface area (Å²) in [7, 11) is 0. The second kappa shape index (κ2) is 5.03. The van der Waals surface area contributed by atoms with Gasteiger partial charge < -0.3 is 9.72 Å². The maximum Gasteiger partial charge on any atom is 0.423 e. The number of hydrogen-bond donors (Lipinski definition) is 1. The Balaban J connectivity index is 2.79. The normalized spacial score (nSPS) is 10.6. The number of H-pyrrole nitrogens is 1. The number of aromatic nitrogens is 2. The Kier molecular flexibility index (Phi) is 3.63. The van der Waals surface area contributed by atoms with Gasteiger partial charge in [-0.05, 0) is 37.3 Å². The summed E-state index contributed by atoms with van der Waals surface area (Å²) in [6.45, 7) is 1.84. The molecule has 0 aliphatic heterocycles. The van der Waals surface area contributed by atoms with Crippen LogP contribution in [-0.2, 0) is 4.74 Å². The molecule has 0 fully saturated rings. The van der Waals surface area contributed by atoms with Crippen LogP contribution < -0.4 is 5.56 Å². The van der Waals surface area contributed by atoms with E-state index < -0.39 is 11.7 Å². The predicted molar refractivity (Wildman–Crippen MR) is 73.5 cm³/mol. The number of aromatic amines is 1. The van der Waals surface area contributed by atoms with E-state index in [1.807, 2.05) is 0 Å². The highest BCUT2D eigenvalue weighted by Crippen LogP contribution is 2.15. The number of carbonyl (C=O) groups excluding carboxylic acids is 1. The Bertz CT molecular complexity index is 735. The topological polar surface area (TPSA) is 64.1 Å². The van der Waals surface area contributed by atoms with Crippen LogP contribution in [0.4, 0.5) is 4.79 Å². The van der Waals surface area contributed by atoms with Crippen molar-refractivity contribution in [3.63, 3.8) is 0 Å². The molecule has 0 unspecified atom stereocenters. The monoisotopic (exact) mass is 328 g/mol. The Morgan fingerprint density at radius 3 is 2.94 bits per heavy atom. The van der Waals surface area contributed by atoms with Gasteiger partial charge in [-0.25, -0.2) is 4.79 Å². The first-order valence-corrected chi connectivity index (χ1v) is 6.36. The lowest BCUT2D eigenvalue weighted by Gasteiger charge is -2.06. The summed E-state index contributed by atoms with van der Waals surface area (Å²) in [4.78, 5) is 26.7. The first-order chi connectivity index (χ1) is 8.54. The van der Waals surface area contributed by atoms with Gasteiger partial charge in [-0.2, -0.15) is 4.57 Å². The number of rotatable bonds is 1. The molecule has 2 rings (SSSR count). The smallest absolute Gasteiger partial charge is 0.423 e. The zero-order valence-electron chi connectivity index (χ0n) is 9.40. The molecule has 0 aliphatic carbocycles. The van der Waals surface area contributed by atoms with E-state index in [9.17, 15) is 9.59 Å². The third-order valence-electron chi connectivity index (χ3n) is 2.31. The molecule has 1 heterocycles. The summed E-state index contributed by atoms with van der Waals surface area (Å²) >= 11 is 8.26. The quantitative estimate of drug-likeness (QED) is 0.817. The van der Waals surface area contributed by atoms with Gasteiger partial charge in [0, 0.05) is 4.47 Å². The minimum atomic E-state index is -0.773. The molecule has 0 bridgehead atoms. The zero-order chi connectivity index (χ0) is 13.3. The Morgan fingerprint density at radius 1 is 1.56 bits per heavy atom. The number of benzene rings is 1. The van der Waals surface area contributed by atoms with Crippen molar-refractivity contribution in [3.05, 3.63) is 37.8 Å². The highest BCUT2D eigenvalue weighted by Gasteiger charge is 2.13. The fraction of sp³-hybridized carbons (Fsp3) is 0.182. The highest BCUT2D eigenvalue weighted by atomic mass is 79.9. The number of nitrogens with zero attached hydrogens (tertiary/aromatic N) is 1. The molecule has 94 valence electrons. The van der Waals surface area contributed by atoms with Gasteiger partial charge in [-0.1, -0.05) is 15.9 Å². The van der Waals surface area contributed by atoms with E-state index >= 15 is 0 Å². The number of carbonyl (C=O) groups is 1. The molecule has 18 heavy (non-hydrogen) atoms. The maximum absolute atomic E-state index is 12.2. The largest absolute Gasteiger partial charge is 0.449 e. The van der Waals surface area contributed by atoms with Crippen LogP contribution in [-0.4, -0.2) is 22.3 Å². The second-order valence-corrected chi connectivity index (χ2v) is 4.76. The van der Waals surface area contributed by atoms with Crippen LogP contribution in [0.25, 0.3) is 10.9 Å². The van der Waals surface area contributed by atoms with E-state index in [0.29, 0.717) is 10.9 Å². The number of halogens is 1. The number of nitrogens with one attached hydrogen (secondary N) is 1. The Labute approximate surface area is 116 Å². The third kappa shape index (κ3) is 2.23. The molecule has 1 aromatic carbocycles. The molecule has 0 saturated heterocycles. The first-order valence-electron chi connectivity index (χ1n) is 5.16. The lowest BCUT2D eigenvalue weighted by atomic mass is 10.2. The molecular formula is C11H9BrN2O3S. The van der Waals surface area contributed by atoms with Gasteiger partial charge in [0.15, 0.2) is 4.77 Å². The van der Waals surface area contributed by atoms with Gasteiger partial charge in [0.2, 0.25) is 0 Å². The van der Waals surface area contributed by atoms with Crippen LogP contribution in [0, 0.1) is 4.77 Å². The van der Waals surface area contributed by atoms with E-state index in [0.717, 1.165) is 9.04 Å². The van der Waals surface area contributed by atoms with Crippen LogP contribution >= 0.6 is 28.1 Å². The molecule has 0 atom stereocenters. The standard InChI is InChI=1S/C11H9BrN2O3S/c1-2-17-11(16)14-9(15)7-5-6(12)3-4-8(7)13-10(14)18/h3-5H,2H2,1H3,(H,13,18). The second-order valence-electron chi connectivity index (χ2n) is 3.46. The van der Waals surface area contributed by atoms with E-state index in [1.165, 1.54) is 0 Å². The fourth-order valence-electron chi connectivity index (χ4n) is 1.54. The molecule has 0 saturated carbocycles. The van der Waals surface area contributed by atoms with Crippen molar-refractivity contribution in [2.24, 2.45) is 0 Å². The SMILES string of the molecule is CCOC(=O)n1c(=S)[nH]c2ccc(Br)cc2c1=O.